The Hall–Kier alpha value is -2.09. The van der Waals surface area contributed by atoms with Gasteiger partial charge in [-0.3, -0.25) is 4.79 Å². The highest BCUT2D eigenvalue weighted by Crippen LogP contribution is 2.32. The fourth-order valence-corrected chi connectivity index (χ4v) is 3.27. The minimum atomic E-state index is -0.847. The summed E-state index contributed by atoms with van der Waals surface area (Å²) in [6.07, 6.45) is 4.08. The van der Waals surface area contributed by atoms with Gasteiger partial charge in [-0.05, 0) is 37.1 Å². The summed E-state index contributed by atoms with van der Waals surface area (Å²) >= 11 is 3.30. The number of carbonyl (C=O) groups excluding carboxylic acids is 3. The number of benzene rings is 1. The highest BCUT2D eigenvalue weighted by Gasteiger charge is 2.52. The summed E-state index contributed by atoms with van der Waals surface area (Å²) in [5.41, 5.74) is 2.04. The van der Waals surface area contributed by atoms with Crippen LogP contribution in [0.15, 0.2) is 28.7 Å². The molecule has 1 aliphatic carbocycles. The molecule has 0 unspecified atom stereocenters. The summed E-state index contributed by atoms with van der Waals surface area (Å²) in [7, 11) is 0. The Morgan fingerprint density at radius 3 is 2.43 bits per heavy atom. The van der Waals surface area contributed by atoms with E-state index >= 15 is 0 Å². The molecule has 122 valence electrons. The molecule has 1 saturated heterocycles. The van der Waals surface area contributed by atoms with Crippen LogP contribution in [0.5, 0.6) is 0 Å². The molecule has 0 radical (unpaired) electrons. The average molecular weight is 381 g/mol. The number of hydrogen-bond acceptors (Lipinski definition) is 3. The molecule has 5 amide bonds. The van der Waals surface area contributed by atoms with Crippen molar-refractivity contribution in [3.63, 3.8) is 0 Å². The van der Waals surface area contributed by atoms with Gasteiger partial charge in [0, 0.05) is 10.2 Å². The topological polar surface area (TPSA) is 90.5 Å². The van der Waals surface area contributed by atoms with Gasteiger partial charge in [0.1, 0.15) is 5.54 Å². The van der Waals surface area contributed by atoms with Crippen LogP contribution < -0.4 is 16.1 Å². The molecule has 0 bridgehead atoms. The molecule has 23 heavy (non-hydrogen) atoms. The molecule has 1 heterocycles. The van der Waals surface area contributed by atoms with Crippen LogP contribution in [-0.2, 0) is 4.79 Å². The van der Waals surface area contributed by atoms with Crippen molar-refractivity contribution in [2.45, 2.75) is 37.6 Å². The summed E-state index contributed by atoms with van der Waals surface area (Å²) in [5, 5.41) is 6.10. The van der Waals surface area contributed by atoms with Crippen molar-refractivity contribution in [2.24, 2.45) is 0 Å². The maximum Gasteiger partial charge on any atom is 0.344 e. The van der Waals surface area contributed by atoms with E-state index in [9.17, 15) is 14.4 Å². The van der Waals surface area contributed by atoms with Gasteiger partial charge in [0.05, 0.1) is 0 Å². The van der Waals surface area contributed by atoms with Crippen molar-refractivity contribution >= 4 is 39.6 Å². The van der Waals surface area contributed by atoms with Crippen molar-refractivity contribution in [2.75, 3.05) is 5.32 Å². The van der Waals surface area contributed by atoms with E-state index in [4.69, 9.17) is 0 Å². The second-order valence-corrected chi connectivity index (χ2v) is 6.70. The third-order valence-corrected chi connectivity index (χ3v) is 4.71. The van der Waals surface area contributed by atoms with E-state index in [-0.39, 0.29) is 5.91 Å². The van der Waals surface area contributed by atoms with Gasteiger partial charge >= 0.3 is 12.1 Å². The van der Waals surface area contributed by atoms with Crippen LogP contribution in [0, 0.1) is 0 Å². The number of hydrogen-bond donors (Lipinski definition) is 3. The Morgan fingerprint density at radius 2 is 1.78 bits per heavy atom. The molecule has 1 aromatic carbocycles. The molecule has 7 nitrogen and oxygen atoms in total. The number of hydrazine groups is 1. The minimum absolute atomic E-state index is 0.381. The van der Waals surface area contributed by atoms with Gasteiger partial charge in [-0.25, -0.2) is 15.0 Å². The molecule has 1 saturated carbocycles. The zero-order chi connectivity index (χ0) is 16.4. The van der Waals surface area contributed by atoms with Crippen LogP contribution in [0.1, 0.15) is 32.1 Å². The molecule has 2 fully saturated rings. The molecule has 0 atom stereocenters. The number of amides is 5. The van der Waals surface area contributed by atoms with Gasteiger partial charge in [0.15, 0.2) is 0 Å². The van der Waals surface area contributed by atoms with Gasteiger partial charge in [0.2, 0.25) is 0 Å². The van der Waals surface area contributed by atoms with Crippen LogP contribution in [-0.4, -0.2) is 28.5 Å². The number of imide groups is 1. The van der Waals surface area contributed by atoms with E-state index in [0.29, 0.717) is 18.5 Å². The Bertz CT molecular complexity index is 641. The van der Waals surface area contributed by atoms with Gasteiger partial charge in [0.25, 0.3) is 5.91 Å². The van der Waals surface area contributed by atoms with E-state index in [2.05, 4.69) is 32.0 Å². The van der Waals surface area contributed by atoms with E-state index in [1.165, 1.54) is 0 Å². The van der Waals surface area contributed by atoms with Gasteiger partial charge in [-0.2, -0.15) is 5.01 Å². The molecule has 1 spiro atoms. The number of nitrogens with one attached hydrogen (secondary N) is 3. The van der Waals surface area contributed by atoms with E-state index in [1.807, 2.05) is 0 Å². The molecule has 2 aliphatic rings. The van der Waals surface area contributed by atoms with Crippen molar-refractivity contribution in [1.29, 1.82) is 0 Å². The number of urea groups is 2. The van der Waals surface area contributed by atoms with Crippen molar-refractivity contribution in [3.05, 3.63) is 28.7 Å². The number of carbonyl (C=O) groups is 3. The molecular formula is C15H17BrN4O3. The maximum absolute atomic E-state index is 12.5. The first-order valence-corrected chi connectivity index (χ1v) is 8.29. The molecule has 3 N–H and O–H groups in total. The van der Waals surface area contributed by atoms with Crippen molar-refractivity contribution in [3.8, 4) is 0 Å². The van der Waals surface area contributed by atoms with E-state index < -0.39 is 17.6 Å². The lowest BCUT2D eigenvalue weighted by atomic mass is 9.82. The highest BCUT2D eigenvalue weighted by atomic mass is 79.9. The summed E-state index contributed by atoms with van der Waals surface area (Å²) in [6, 6.07) is 5.75. The van der Waals surface area contributed by atoms with Crippen LogP contribution in [0.2, 0.25) is 0 Å². The lowest BCUT2D eigenvalue weighted by Crippen LogP contribution is -2.51. The summed E-state index contributed by atoms with van der Waals surface area (Å²) in [6.45, 7) is 0. The van der Waals surface area contributed by atoms with Crippen molar-refractivity contribution < 1.29 is 14.4 Å². The smallest absolute Gasteiger partial charge is 0.322 e. The molecule has 0 aromatic heterocycles. The highest BCUT2D eigenvalue weighted by molar-refractivity contribution is 9.10. The Morgan fingerprint density at radius 1 is 1.13 bits per heavy atom. The number of rotatable bonds is 2. The Labute approximate surface area is 141 Å². The van der Waals surface area contributed by atoms with Crippen LogP contribution in [0.25, 0.3) is 0 Å². The van der Waals surface area contributed by atoms with Crippen molar-refractivity contribution in [1.82, 2.24) is 15.8 Å². The fourth-order valence-electron chi connectivity index (χ4n) is 3.01. The van der Waals surface area contributed by atoms with E-state index in [1.54, 1.807) is 24.3 Å². The van der Waals surface area contributed by atoms with Crippen LogP contribution in [0.4, 0.5) is 15.3 Å². The molecule has 8 heteroatoms. The van der Waals surface area contributed by atoms with Gasteiger partial charge in [-0.1, -0.05) is 35.2 Å². The number of anilines is 1. The van der Waals surface area contributed by atoms with Gasteiger partial charge in [-0.15, -0.1) is 0 Å². The standard InChI is InChI=1S/C15H17BrN4O3/c16-10-4-6-11(7-5-10)17-13(22)19-20-12(21)15(18-14(20)23)8-2-1-3-9-15/h4-7H,1-3,8-9H2,(H,18,23)(H2,17,19,22). The van der Waals surface area contributed by atoms with Gasteiger partial charge < -0.3 is 10.6 Å². The number of nitrogens with zero attached hydrogens (tertiary/aromatic N) is 1. The molecule has 1 aliphatic heterocycles. The first-order chi connectivity index (χ1) is 11.0. The zero-order valence-electron chi connectivity index (χ0n) is 12.4. The zero-order valence-corrected chi connectivity index (χ0v) is 14.0. The molecule has 1 aromatic rings. The molecule has 3 rings (SSSR count). The van der Waals surface area contributed by atoms with Crippen LogP contribution in [0.3, 0.4) is 0 Å². The van der Waals surface area contributed by atoms with E-state index in [0.717, 1.165) is 28.7 Å². The maximum atomic E-state index is 12.5. The Balaban J connectivity index is 1.65. The molecular weight excluding hydrogens is 364 g/mol. The Kier molecular flexibility index (Phi) is 4.25. The lowest BCUT2D eigenvalue weighted by molar-refractivity contribution is -0.133. The quantitative estimate of drug-likeness (QED) is 0.688. The predicted molar refractivity (Wildman–Crippen MR) is 87.5 cm³/mol. The van der Waals surface area contributed by atoms with Crippen LogP contribution >= 0.6 is 15.9 Å². The third kappa shape index (κ3) is 3.17. The first-order valence-electron chi connectivity index (χ1n) is 7.50. The lowest BCUT2D eigenvalue weighted by Gasteiger charge is -2.30. The summed E-state index contributed by atoms with van der Waals surface area (Å²) in [5.74, 6) is -0.381. The average Bonchev–Trinajstić information content (AvgIpc) is 2.75. The third-order valence-electron chi connectivity index (χ3n) is 4.18. The fraction of sp³-hybridized carbons (Fsp3) is 0.400. The SMILES string of the molecule is O=C(Nc1ccc(Br)cc1)NN1C(=O)NC2(CCCCC2)C1=O. The minimum Gasteiger partial charge on any atom is -0.322 e. The predicted octanol–water partition coefficient (Wildman–Crippen LogP) is 2.74. The first kappa shape index (κ1) is 15.8. The second-order valence-electron chi connectivity index (χ2n) is 5.79. The summed E-state index contributed by atoms with van der Waals surface area (Å²) in [4.78, 5) is 36.6. The number of halogens is 1. The normalized spacial score (nSPS) is 19.6. The largest absolute Gasteiger partial charge is 0.344 e. The second kappa shape index (κ2) is 6.19. The summed E-state index contributed by atoms with van der Waals surface area (Å²) < 4.78 is 0.886. The monoisotopic (exact) mass is 380 g/mol.